The number of aromatic nitrogens is 2. The molecule has 0 bridgehead atoms. The molecular formula is C20H15N3OS2. The molecule has 4 rings (SSSR count). The molecular weight excluding hydrogens is 362 g/mol. The van der Waals surface area contributed by atoms with Crippen LogP contribution >= 0.6 is 22.7 Å². The number of amides is 1. The van der Waals surface area contributed by atoms with Gasteiger partial charge in [-0.2, -0.15) is 0 Å². The molecule has 0 aliphatic heterocycles. The van der Waals surface area contributed by atoms with Crippen molar-refractivity contribution in [3.05, 3.63) is 99.2 Å². The van der Waals surface area contributed by atoms with Crippen molar-refractivity contribution in [1.82, 2.24) is 10.2 Å². The number of hydrogen-bond donors (Lipinski definition) is 1. The minimum absolute atomic E-state index is 0.0118. The maximum absolute atomic E-state index is 12.2. The van der Waals surface area contributed by atoms with Gasteiger partial charge in [0.2, 0.25) is 5.13 Å². The lowest BCUT2D eigenvalue weighted by Crippen LogP contribution is -2.09. The van der Waals surface area contributed by atoms with Gasteiger partial charge in [0, 0.05) is 0 Å². The number of carbonyl (C=O) groups is 1. The summed E-state index contributed by atoms with van der Waals surface area (Å²) in [6, 6.07) is 24.1. The Balaban J connectivity index is 1.65. The van der Waals surface area contributed by atoms with Gasteiger partial charge in [-0.3, -0.25) is 10.1 Å². The Hall–Kier alpha value is -2.83. The van der Waals surface area contributed by atoms with Crippen LogP contribution in [0, 0.1) is 0 Å². The minimum atomic E-state index is -0.154. The van der Waals surface area contributed by atoms with Crippen LogP contribution in [0.1, 0.15) is 31.7 Å². The number of nitrogens with zero attached hydrogens (tertiary/aromatic N) is 2. The molecule has 2 aromatic heterocycles. The van der Waals surface area contributed by atoms with Crippen molar-refractivity contribution >= 4 is 33.7 Å². The first-order chi connectivity index (χ1) is 12.8. The van der Waals surface area contributed by atoms with Crippen molar-refractivity contribution in [2.75, 3.05) is 5.32 Å². The molecule has 0 unspecified atom stereocenters. The zero-order valence-corrected chi connectivity index (χ0v) is 15.3. The molecule has 4 nitrogen and oxygen atoms in total. The van der Waals surface area contributed by atoms with E-state index in [9.17, 15) is 4.79 Å². The average molecular weight is 377 g/mol. The second kappa shape index (κ2) is 7.59. The van der Waals surface area contributed by atoms with Crippen molar-refractivity contribution < 1.29 is 4.79 Å². The Morgan fingerprint density at radius 2 is 1.50 bits per heavy atom. The first-order valence-corrected chi connectivity index (χ1v) is 9.79. The van der Waals surface area contributed by atoms with Crippen molar-refractivity contribution in [1.29, 1.82) is 0 Å². The zero-order valence-electron chi connectivity index (χ0n) is 13.7. The van der Waals surface area contributed by atoms with Crippen molar-refractivity contribution in [3.8, 4) is 0 Å². The number of thiophene rings is 1. The third-order valence-corrected chi connectivity index (χ3v) is 5.69. The summed E-state index contributed by atoms with van der Waals surface area (Å²) in [5.74, 6) is -0.166. The maximum Gasteiger partial charge on any atom is 0.267 e. The molecule has 0 radical (unpaired) electrons. The van der Waals surface area contributed by atoms with E-state index in [1.165, 1.54) is 22.7 Å². The van der Waals surface area contributed by atoms with Gasteiger partial charge in [-0.25, -0.2) is 0 Å². The van der Waals surface area contributed by atoms with E-state index >= 15 is 0 Å². The van der Waals surface area contributed by atoms with Gasteiger partial charge in [0.25, 0.3) is 5.91 Å². The second-order valence-electron chi connectivity index (χ2n) is 5.63. The number of benzene rings is 2. The van der Waals surface area contributed by atoms with Crippen molar-refractivity contribution in [2.24, 2.45) is 0 Å². The molecule has 26 heavy (non-hydrogen) atoms. The van der Waals surface area contributed by atoms with Gasteiger partial charge in [0.05, 0.1) is 10.8 Å². The Labute approximate surface area is 159 Å². The minimum Gasteiger partial charge on any atom is -0.296 e. The SMILES string of the molecule is O=C(Nc1nnc(C(c2ccccc2)c2ccccc2)s1)c1cccs1. The van der Waals surface area contributed by atoms with Crippen LogP contribution in [0.15, 0.2) is 78.2 Å². The highest BCUT2D eigenvalue weighted by Gasteiger charge is 2.21. The van der Waals surface area contributed by atoms with E-state index in [2.05, 4.69) is 39.8 Å². The summed E-state index contributed by atoms with van der Waals surface area (Å²) in [7, 11) is 0. The highest BCUT2D eigenvalue weighted by Crippen LogP contribution is 2.34. The molecule has 128 valence electrons. The van der Waals surface area contributed by atoms with E-state index in [0.717, 1.165) is 16.1 Å². The van der Waals surface area contributed by atoms with Crippen LogP contribution in [0.3, 0.4) is 0 Å². The highest BCUT2D eigenvalue weighted by atomic mass is 32.1. The van der Waals surface area contributed by atoms with E-state index < -0.39 is 0 Å². The Kier molecular flexibility index (Phi) is 4.86. The molecule has 0 saturated heterocycles. The van der Waals surface area contributed by atoms with Crippen LogP contribution in [0.2, 0.25) is 0 Å². The molecule has 2 heterocycles. The molecule has 0 saturated carbocycles. The summed E-state index contributed by atoms with van der Waals surface area (Å²) in [6.45, 7) is 0. The molecule has 0 aliphatic carbocycles. The largest absolute Gasteiger partial charge is 0.296 e. The summed E-state index contributed by atoms with van der Waals surface area (Å²) in [5.41, 5.74) is 2.29. The molecule has 1 amide bonds. The lowest BCUT2D eigenvalue weighted by atomic mass is 9.92. The fraction of sp³-hybridized carbons (Fsp3) is 0.0500. The molecule has 4 aromatic rings. The van der Waals surface area contributed by atoms with E-state index in [1.807, 2.05) is 47.8 Å². The quantitative estimate of drug-likeness (QED) is 0.530. The highest BCUT2D eigenvalue weighted by molar-refractivity contribution is 7.16. The van der Waals surface area contributed by atoms with Crippen molar-refractivity contribution in [2.45, 2.75) is 5.92 Å². The van der Waals surface area contributed by atoms with Gasteiger partial charge in [-0.05, 0) is 22.6 Å². The number of rotatable bonds is 5. The van der Waals surface area contributed by atoms with Crippen molar-refractivity contribution in [3.63, 3.8) is 0 Å². The lowest BCUT2D eigenvalue weighted by Gasteiger charge is -2.14. The smallest absolute Gasteiger partial charge is 0.267 e. The van der Waals surface area contributed by atoms with E-state index in [-0.39, 0.29) is 11.8 Å². The maximum atomic E-state index is 12.2. The predicted molar refractivity (Wildman–Crippen MR) is 106 cm³/mol. The molecule has 0 spiro atoms. The fourth-order valence-corrected chi connectivity index (χ4v) is 4.25. The molecule has 0 fully saturated rings. The summed E-state index contributed by atoms with van der Waals surface area (Å²) in [5, 5.41) is 14.6. The van der Waals surface area contributed by atoms with Crippen LogP contribution in [0.25, 0.3) is 0 Å². The third kappa shape index (κ3) is 3.56. The Morgan fingerprint density at radius 3 is 2.08 bits per heavy atom. The lowest BCUT2D eigenvalue weighted by molar-refractivity contribution is 0.103. The number of carbonyl (C=O) groups excluding carboxylic acids is 1. The topological polar surface area (TPSA) is 54.9 Å². The first kappa shape index (κ1) is 16.6. The van der Waals surface area contributed by atoms with Crippen LogP contribution in [0.5, 0.6) is 0 Å². The first-order valence-electron chi connectivity index (χ1n) is 8.09. The Morgan fingerprint density at radius 1 is 0.846 bits per heavy atom. The monoisotopic (exact) mass is 377 g/mol. The Bertz CT molecular complexity index is 943. The van der Waals surface area contributed by atoms with Gasteiger partial charge in [-0.15, -0.1) is 21.5 Å². The number of anilines is 1. The van der Waals surface area contributed by atoms with Gasteiger partial charge in [-0.1, -0.05) is 78.1 Å². The third-order valence-electron chi connectivity index (χ3n) is 3.92. The molecule has 0 aliphatic rings. The molecule has 0 atom stereocenters. The molecule has 1 N–H and O–H groups in total. The fourth-order valence-electron chi connectivity index (χ4n) is 2.74. The van der Waals surface area contributed by atoms with Gasteiger partial charge in [0.1, 0.15) is 5.01 Å². The van der Waals surface area contributed by atoms with Crippen LogP contribution in [-0.4, -0.2) is 16.1 Å². The van der Waals surface area contributed by atoms with Crippen LogP contribution < -0.4 is 5.32 Å². The number of nitrogens with one attached hydrogen (secondary N) is 1. The van der Waals surface area contributed by atoms with Crippen LogP contribution in [0.4, 0.5) is 5.13 Å². The second-order valence-corrected chi connectivity index (χ2v) is 7.59. The van der Waals surface area contributed by atoms with Crippen LogP contribution in [-0.2, 0) is 0 Å². The normalized spacial score (nSPS) is 10.8. The zero-order chi connectivity index (χ0) is 17.8. The molecule has 6 heteroatoms. The molecule has 2 aromatic carbocycles. The average Bonchev–Trinajstić information content (AvgIpc) is 3.36. The van der Waals surface area contributed by atoms with E-state index in [4.69, 9.17) is 0 Å². The van der Waals surface area contributed by atoms with E-state index in [1.54, 1.807) is 6.07 Å². The van der Waals surface area contributed by atoms with Gasteiger partial charge >= 0.3 is 0 Å². The van der Waals surface area contributed by atoms with Gasteiger partial charge < -0.3 is 0 Å². The summed E-state index contributed by atoms with van der Waals surface area (Å²) in [6.07, 6.45) is 0. The predicted octanol–water partition coefficient (Wildman–Crippen LogP) is 5.03. The summed E-state index contributed by atoms with van der Waals surface area (Å²) >= 11 is 2.81. The summed E-state index contributed by atoms with van der Waals surface area (Å²) in [4.78, 5) is 12.9. The standard InChI is InChI=1S/C20H15N3OS2/c24-18(16-12-7-13-25-16)21-20-23-22-19(26-20)17(14-8-3-1-4-9-14)15-10-5-2-6-11-15/h1-13,17H,(H,21,23,24). The number of hydrogen-bond acceptors (Lipinski definition) is 5. The van der Waals surface area contributed by atoms with E-state index in [0.29, 0.717) is 10.0 Å². The summed E-state index contributed by atoms with van der Waals surface area (Å²) < 4.78 is 0. The van der Waals surface area contributed by atoms with Gasteiger partial charge in [0.15, 0.2) is 0 Å².